The molecule has 1 aromatic carbocycles. The van der Waals surface area contributed by atoms with Crippen LogP contribution < -0.4 is 27.8 Å². The number of carbonyl (C=O) groups excluding carboxylic acids is 2. The van der Waals surface area contributed by atoms with Crippen LogP contribution in [0, 0.1) is 17.8 Å². The maximum Gasteiger partial charge on any atom is 0.300 e. The summed E-state index contributed by atoms with van der Waals surface area (Å²) < 4.78 is 0. The molecule has 0 spiro atoms. The Morgan fingerprint density at radius 3 is 2.03 bits per heavy atom. The lowest BCUT2D eigenvalue weighted by Crippen LogP contribution is -2.64. The van der Waals surface area contributed by atoms with Gasteiger partial charge in [0, 0.05) is 25.4 Å². The minimum absolute atomic E-state index is 0.0224. The van der Waals surface area contributed by atoms with Gasteiger partial charge >= 0.3 is 0 Å². The molecule has 9 N–H and O–H groups in total. The Balaban J connectivity index is 0.000000886. The molecule has 0 aromatic heterocycles. The van der Waals surface area contributed by atoms with Crippen LogP contribution in [0.4, 0.5) is 0 Å². The largest absolute Gasteiger partial charge is 0.481 e. The summed E-state index contributed by atoms with van der Waals surface area (Å²) in [5.41, 5.74) is 17.6. The van der Waals surface area contributed by atoms with Crippen molar-refractivity contribution >= 4 is 23.7 Å². The second kappa shape index (κ2) is 12.9. The number of hydrogen-bond acceptors (Lipinski definition) is 5. The van der Waals surface area contributed by atoms with E-state index in [0.29, 0.717) is 25.8 Å². The van der Waals surface area contributed by atoms with Gasteiger partial charge in [0.2, 0.25) is 11.8 Å². The van der Waals surface area contributed by atoms with Crippen LogP contribution in [0.3, 0.4) is 0 Å². The number of amides is 2. The van der Waals surface area contributed by atoms with Gasteiger partial charge in [-0.2, -0.15) is 0 Å². The van der Waals surface area contributed by atoms with Gasteiger partial charge in [0.15, 0.2) is 5.96 Å². The van der Waals surface area contributed by atoms with Gasteiger partial charge in [-0.25, -0.2) is 0 Å². The first-order valence-corrected chi connectivity index (χ1v) is 13.2. The fourth-order valence-electron chi connectivity index (χ4n) is 6.77. The van der Waals surface area contributed by atoms with Gasteiger partial charge in [0.05, 0.1) is 6.04 Å². The van der Waals surface area contributed by atoms with E-state index in [4.69, 9.17) is 27.1 Å². The molecule has 4 aliphatic carbocycles. The number of primary amides is 1. The van der Waals surface area contributed by atoms with Gasteiger partial charge < -0.3 is 32.9 Å². The number of carboxylic acid groups (broad SMARTS) is 1. The van der Waals surface area contributed by atoms with Crippen LogP contribution in [0.25, 0.3) is 0 Å². The highest BCUT2D eigenvalue weighted by atomic mass is 16.4. The number of carbonyl (C=O) groups is 3. The van der Waals surface area contributed by atoms with Gasteiger partial charge in [-0.1, -0.05) is 30.3 Å². The Kier molecular flexibility index (Phi) is 9.91. The molecule has 4 fully saturated rings. The van der Waals surface area contributed by atoms with Crippen LogP contribution in [-0.2, 0) is 20.8 Å². The molecule has 37 heavy (non-hydrogen) atoms. The van der Waals surface area contributed by atoms with Crippen LogP contribution in [0.1, 0.15) is 63.9 Å². The van der Waals surface area contributed by atoms with Crippen LogP contribution in [0.5, 0.6) is 0 Å². The molecule has 2 atom stereocenters. The van der Waals surface area contributed by atoms with Crippen molar-refractivity contribution in [3.05, 3.63) is 35.9 Å². The molecule has 0 aliphatic heterocycles. The smallest absolute Gasteiger partial charge is 0.300 e. The van der Waals surface area contributed by atoms with E-state index in [0.717, 1.165) is 49.5 Å². The van der Waals surface area contributed by atoms with E-state index in [2.05, 4.69) is 15.6 Å². The zero-order valence-corrected chi connectivity index (χ0v) is 21.7. The lowest BCUT2D eigenvalue weighted by atomic mass is 9.53. The molecule has 10 nitrogen and oxygen atoms in total. The predicted octanol–water partition coefficient (Wildman–Crippen LogP) is 1.27. The quantitative estimate of drug-likeness (QED) is 0.146. The van der Waals surface area contributed by atoms with Crippen LogP contribution in [0.15, 0.2) is 35.3 Å². The summed E-state index contributed by atoms with van der Waals surface area (Å²) in [7, 11) is 0. The van der Waals surface area contributed by atoms with Crippen molar-refractivity contribution in [2.75, 3.05) is 6.54 Å². The molecule has 10 heteroatoms. The molecule has 0 saturated heterocycles. The first kappa shape index (κ1) is 28.4. The van der Waals surface area contributed by atoms with E-state index in [1.165, 1.54) is 19.3 Å². The summed E-state index contributed by atoms with van der Waals surface area (Å²) in [5, 5.41) is 14.1. The number of rotatable bonds is 11. The third-order valence-electron chi connectivity index (χ3n) is 7.72. The lowest BCUT2D eigenvalue weighted by molar-refractivity contribution is -0.134. The minimum atomic E-state index is -0.833. The van der Waals surface area contributed by atoms with Crippen molar-refractivity contribution in [2.24, 2.45) is 39.9 Å². The van der Waals surface area contributed by atoms with E-state index < -0.39 is 24.0 Å². The Labute approximate surface area is 218 Å². The third kappa shape index (κ3) is 8.73. The highest BCUT2D eigenvalue weighted by Crippen LogP contribution is 2.55. The normalized spacial score (nSPS) is 26.8. The SMILES string of the molecule is CC(=O)O.NC(=O)C(Cc1ccccc1)NC(=O)C(CCCN=C(N)N)NC12CC3CC(CC(C3)C1)C2. The Morgan fingerprint density at radius 1 is 1.00 bits per heavy atom. The van der Waals surface area contributed by atoms with Crippen molar-refractivity contribution in [1.29, 1.82) is 0 Å². The van der Waals surface area contributed by atoms with E-state index in [9.17, 15) is 9.59 Å². The first-order chi connectivity index (χ1) is 17.5. The van der Waals surface area contributed by atoms with Gasteiger partial charge in [0.1, 0.15) is 6.04 Å². The standard InChI is InChI=1S/C25H38N6O2.C2H4O2/c26-22(32)21(12-16-5-2-1-3-6-16)30-23(33)20(7-4-8-29-24(27)28)31-25-13-17-9-18(14-25)11-19(10-17)15-25;1-2(3)4/h1-3,5-6,17-21,31H,4,7-15H2,(H2,26,32)(H,30,33)(H4,27,28,29);1H3,(H,3,4). The first-order valence-electron chi connectivity index (χ1n) is 13.2. The van der Waals surface area contributed by atoms with Gasteiger partial charge in [-0.15, -0.1) is 0 Å². The van der Waals surface area contributed by atoms with E-state index in [-0.39, 0.29) is 17.4 Å². The van der Waals surface area contributed by atoms with Crippen molar-refractivity contribution < 1.29 is 19.5 Å². The predicted molar refractivity (Wildman–Crippen MR) is 142 cm³/mol. The second-order valence-corrected chi connectivity index (χ2v) is 11.0. The Hall–Kier alpha value is -3.14. The number of nitrogens with two attached hydrogens (primary N) is 3. The maximum absolute atomic E-state index is 13.4. The average molecular weight is 515 g/mol. The highest BCUT2D eigenvalue weighted by molar-refractivity contribution is 5.89. The van der Waals surface area contributed by atoms with Crippen LogP contribution >= 0.6 is 0 Å². The van der Waals surface area contributed by atoms with E-state index in [1.54, 1.807) is 0 Å². The molecule has 1 aromatic rings. The monoisotopic (exact) mass is 514 g/mol. The molecule has 0 radical (unpaired) electrons. The molecule has 2 unspecified atom stereocenters. The lowest BCUT2D eigenvalue weighted by Gasteiger charge is -2.58. The zero-order valence-electron chi connectivity index (χ0n) is 21.7. The van der Waals surface area contributed by atoms with Crippen LogP contribution in [-0.4, -0.2) is 53.0 Å². The van der Waals surface area contributed by atoms with Gasteiger partial charge in [-0.3, -0.25) is 19.4 Å². The summed E-state index contributed by atoms with van der Waals surface area (Å²) in [6, 6.07) is 8.45. The summed E-state index contributed by atoms with van der Waals surface area (Å²) in [6.45, 7) is 1.55. The summed E-state index contributed by atoms with van der Waals surface area (Å²) in [5.74, 6) is 0.833. The molecule has 5 rings (SSSR count). The summed E-state index contributed by atoms with van der Waals surface area (Å²) >= 11 is 0. The molecule has 4 saturated carbocycles. The fraction of sp³-hybridized carbons (Fsp3) is 0.630. The molecule has 204 valence electrons. The van der Waals surface area contributed by atoms with Gasteiger partial charge in [-0.05, 0) is 74.7 Å². The third-order valence-corrected chi connectivity index (χ3v) is 7.72. The topological polar surface area (TPSA) is 186 Å². The Morgan fingerprint density at radius 2 is 1.54 bits per heavy atom. The number of guanidine groups is 1. The number of nitrogens with zero attached hydrogens (tertiary/aromatic N) is 1. The second-order valence-electron chi connectivity index (χ2n) is 11.0. The number of carboxylic acids is 1. The molecule has 4 aliphatic rings. The van der Waals surface area contributed by atoms with Gasteiger partial charge in [0.25, 0.3) is 5.97 Å². The fourth-order valence-corrected chi connectivity index (χ4v) is 6.77. The van der Waals surface area contributed by atoms with E-state index in [1.807, 2.05) is 30.3 Å². The average Bonchev–Trinajstić information content (AvgIpc) is 2.79. The van der Waals surface area contributed by atoms with Crippen LogP contribution in [0.2, 0.25) is 0 Å². The van der Waals surface area contributed by atoms with E-state index >= 15 is 0 Å². The molecular formula is C27H42N6O4. The van der Waals surface area contributed by atoms with Crippen molar-refractivity contribution in [2.45, 2.75) is 82.3 Å². The Bertz CT molecular complexity index is 924. The number of aliphatic carboxylic acids is 1. The number of benzene rings is 1. The number of hydrogen-bond donors (Lipinski definition) is 6. The zero-order chi connectivity index (χ0) is 27.0. The van der Waals surface area contributed by atoms with Crippen molar-refractivity contribution in [3.63, 3.8) is 0 Å². The number of nitrogens with one attached hydrogen (secondary N) is 2. The molecule has 0 heterocycles. The maximum atomic E-state index is 13.4. The summed E-state index contributed by atoms with van der Waals surface area (Å²) in [4.78, 5) is 38.6. The summed E-state index contributed by atoms with van der Waals surface area (Å²) in [6.07, 6.45) is 9.08. The molecule has 2 amide bonds. The van der Waals surface area contributed by atoms with Crippen molar-refractivity contribution in [1.82, 2.24) is 10.6 Å². The number of aliphatic imine (C=N–C) groups is 1. The minimum Gasteiger partial charge on any atom is -0.481 e. The highest BCUT2D eigenvalue weighted by Gasteiger charge is 2.51. The molecule has 4 bridgehead atoms. The molecular weight excluding hydrogens is 472 g/mol. The van der Waals surface area contributed by atoms with Crippen molar-refractivity contribution in [3.8, 4) is 0 Å².